The molecular weight excluding hydrogens is 172 g/mol. The van der Waals surface area contributed by atoms with Crippen molar-refractivity contribution in [1.82, 2.24) is 0 Å². The van der Waals surface area contributed by atoms with Crippen molar-refractivity contribution in [3.8, 4) is 0 Å². The van der Waals surface area contributed by atoms with Gasteiger partial charge in [-0.05, 0) is 23.7 Å². The normalized spacial score (nSPS) is 23.6. The first-order valence-electron chi connectivity index (χ1n) is 5.78. The second-order valence-corrected chi connectivity index (χ2v) is 6.74. The van der Waals surface area contributed by atoms with Gasteiger partial charge < -0.3 is 4.74 Å². The zero-order chi connectivity index (χ0) is 11.0. The quantitative estimate of drug-likeness (QED) is 0.574. The van der Waals surface area contributed by atoms with Crippen molar-refractivity contribution in [3.63, 3.8) is 0 Å². The van der Waals surface area contributed by atoms with Crippen molar-refractivity contribution in [2.75, 3.05) is 13.2 Å². The highest BCUT2D eigenvalue weighted by molar-refractivity contribution is 4.99. The summed E-state index contributed by atoms with van der Waals surface area (Å²) in [6.45, 7) is 16.0. The largest absolute Gasteiger partial charge is 0.381 e. The molecule has 14 heavy (non-hydrogen) atoms. The van der Waals surface area contributed by atoms with Gasteiger partial charge in [-0.15, -0.1) is 0 Å². The first kappa shape index (κ1) is 12.0. The Kier molecular flexibility index (Phi) is 3.02. The van der Waals surface area contributed by atoms with E-state index in [1.807, 2.05) is 0 Å². The smallest absolute Gasteiger partial charge is 0.0532 e. The van der Waals surface area contributed by atoms with Crippen LogP contribution in [0.25, 0.3) is 0 Å². The van der Waals surface area contributed by atoms with E-state index in [0.29, 0.717) is 16.2 Å². The highest BCUT2D eigenvalue weighted by Crippen LogP contribution is 2.55. The fourth-order valence-corrected chi connectivity index (χ4v) is 3.10. The van der Waals surface area contributed by atoms with Crippen molar-refractivity contribution >= 4 is 0 Å². The molecule has 0 amide bonds. The van der Waals surface area contributed by atoms with Gasteiger partial charge in [0.25, 0.3) is 0 Å². The molecule has 0 atom stereocenters. The zero-order valence-corrected chi connectivity index (χ0v) is 10.7. The minimum atomic E-state index is 0.325. The monoisotopic (exact) mass is 198 g/mol. The summed E-state index contributed by atoms with van der Waals surface area (Å²) in [6.07, 6.45) is 2.52. The second kappa shape index (κ2) is 3.52. The summed E-state index contributed by atoms with van der Waals surface area (Å²) in [6, 6.07) is 0. The molecule has 0 radical (unpaired) electrons. The molecular formula is C13H26O. The average Bonchev–Trinajstić information content (AvgIpc) is 2.02. The third kappa shape index (κ3) is 1.84. The summed E-state index contributed by atoms with van der Waals surface area (Å²) >= 11 is 0. The Bertz CT molecular complexity index is 170. The standard InChI is InChI=1S/C13H26O/c1-11(2,3)13(12(4,5)6)8-7-9-14-10-13/h7-10H2,1-6H3. The summed E-state index contributed by atoms with van der Waals surface area (Å²) in [7, 11) is 0. The second-order valence-electron chi connectivity index (χ2n) is 6.74. The van der Waals surface area contributed by atoms with E-state index in [0.717, 1.165) is 13.2 Å². The molecule has 0 spiro atoms. The fourth-order valence-electron chi connectivity index (χ4n) is 3.10. The Morgan fingerprint density at radius 2 is 1.43 bits per heavy atom. The first-order valence-corrected chi connectivity index (χ1v) is 5.78. The summed E-state index contributed by atoms with van der Waals surface area (Å²) in [4.78, 5) is 0. The molecule has 0 aromatic heterocycles. The molecule has 1 fully saturated rings. The molecule has 1 aliphatic heterocycles. The van der Waals surface area contributed by atoms with Crippen LogP contribution >= 0.6 is 0 Å². The van der Waals surface area contributed by atoms with E-state index in [-0.39, 0.29) is 0 Å². The van der Waals surface area contributed by atoms with Gasteiger partial charge in [-0.1, -0.05) is 41.5 Å². The lowest BCUT2D eigenvalue weighted by Gasteiger charge is -2.55. The topological polar surface area (TPSA) is 9.23 Å². The summed E-state index contributed by atoms with van der Waals surface area (Å²) in [5.74, 6) is 0. The molecule has 0 aromatic carbocycles. The van der Waals surface area contributed by atoms with Crippen LogP contribution in [0, 0.1) is 16.2 Å². The van der Waals surface area contributed by atoms with Gasteiger partial charge in [0.05, 0.1) is 6.61 Å². The van der Waals surface area contributed by atoms with Crippen LogP contribution < -0.4 is 0 Å². The van der Waals surface area contributed by atoms with Gasteiger partial charge in [0.2, 0.25) is 0 Å². The van der Waals surface area contributed by atoms with Crippen LogP contribution in [-0.4, -0.2) is 13.2 Å². The Hall–Kier alpha value is -0.0400. The summed E-state index contributed by atoms with van der Waals surface area (Å²) in [5.41, 5.74) is 0.982. The molecule has 1 nitrogen and oxygen atoms in total. The summed E-state index contributed by atoms with van der Waals surface area (Å²) < 4.78 is 5.74. The van der Waals surface area contributed by atoms with Gasteiger partial charge in [0, 0.05) is 12.0 Å². The predicted octanol–water partition coefficient (Wildman–Crippen LogP) is 3.88. The van der Waals surface area contributed by atoms with Gasteiger partial charge in [-0.3, -0.25) is 0 Å². The number of ether oxygens (including phenoxy) is 1. The van der Waals surface area contributed by atoms with E-state index in [2.05, 4.69) is 41.5 Å². The first-order chi connectivity index (χ1) is 6.21. The van der Waals surface area contributed by atoms with Crippen molar-refractivity contribution in [3.05, 3.63) is 0 Å². The molecule has 1 heterocycles. The lowest BCUT2D eigenvalue weighted by molar-refractivity contribution is -0.134. The van der Waals surface area contributed by atoms with E-state index in [4.69, 9.17) is 4.74 Å². The highest BCUT2D eigenvalue weighted by Gasteiger charge is 2.51. The average molecular weight is 198 g/mol. The van der Waals surface area contributed by atoms with E-state index < -0.39 is 0 Å². The van der Waals surface area contributed by atoms with Gasteiger partial charge >= 0.3 is 0 Å². The van der Waals surface area contributed by atoms with Crippen LogP contribution in [0.4, 0.5) is 0 Å². The maximum Gasteiger partial charge on any atom is 0.0532 e. The number of hydrogen-bond donors (Lipinski definition) is 0. The Morgan fingerprint density at radius 1 is 0.929 bits per heavy atom. The lowest BCUT2D eigenvalue weighted by Crippen LogP contribution is -2.51. The number of hydrogen-bond acceptors (Lipinski definition) is 1. The molecule has 1 saturated heterocycles. The van der Waals surface area contributed by atoms with Crippen molar-refractivity contribution < 1.29 is 4.74 Å². The minimum Gasteiger partial charge on any atom is -0.381 e. The Labute approximate surface area is 89.2 Å². The van der Waals surface area contributed by atoms with Crippen LogP contribution in [0.5, 0.6) is 0 Å². The molecule has 1 rings (SSSR count). The Morgan fingerprint density at radius 3 is 1.64 bits per heavy atom. The highest BCUT2D eigenvalue weighted by atomic mass is 16.5. The Balaban J connectivity index is 3.01. The number of rotatable bonds is 0. The van der Waals surface area contributed by atoms with Crippen LogP contribution in [0.15, 0.2) is 0 Å². The van der Waals surface area contributed by atoms with Crippen molar-refractivity contribution in [2.24, 2.45) is 16.2 Å². The molecule has 0 bridgehead atoms. The third-order valence-corrected chi connectivity index (χ3v) is 4.11. The van der Waals surface area contributed by atoms with E-state index in [1.165, 1.54) is 12.8 Å². The van der Waals surface area contributed by atoms with Crippen LogP contribution in [0.1, 0.15) is 54.4 Å². The zero-order valence-electron chi connectivity index (χ0n) is 10.7. The SMILES string of the molecule is CC(C)(C)C1(C(C)(C)C)CCCOC1. The van der Waals surface area contributed by atoms with Gasteiger partial charge in [0.1, 0.15) is 0 Å². The van der Waals surface area contributed by atoms with Crippen LogP contribution in [-0.2, 0) is 4.74 Å². The fraction of sp³-hybridized carbons (Fsp3) is 1.00. The van der Waals surface area contributed by atoms with Gasteiger partial charge in [0.15, 0.2) is 0 Å². The third-order valence-electron chi connectivity index (χ3n) is 4.11. The van der Waals surface area contributed by atoms with Crippen LogP contribution in [0.2, 0.25) is 0 Å². The molecule has 0 aromatic rings. The molecule has 0 saturated carbocycles. The molecule has 1 aliphatic rings. The molecule has 1 heteroatoms. The predicted molar refractivity (Wildman–Crippen MR) is 61.4 cm³/mol. The van der Waals surface area contributed by atoms with E-state index in [9.17, 15) is 0 Å². The van der Waals surface area contributed by atoms with E-state index >= 15 is 0 Å². The molecule has 0 unspecified atom stereocenters. The minimum absolute atomic E-state index is 0.325. The maximum atomic E-state index is 5.74. The molecule has 0 N–H and O–H groups in total. The van der Waals surface area contributed by atoms with Crippen molar-refractivity contribution in [2.45, 2.75) is 54.4 Å². The van der Waals surface area contributed by atoms with Gasteiger partial charge in [-0.2, -0.15) is 0 Å². The summed E-state index contributed by atoms with van der Waals surface area (Å²) in [5, 5.41) is 0. The lowest BCUT2D eigenvalue weighted by atomic mass is 9.52. The molecule has 0 aliphatic carbocycles. The van der Waals surface area contributed by atoms with Crippen molar-refractivity contribution in [1.29, 1.82) is 0 Å². The molecule has 84 valence electrons. The van der Waals surface area contributed by atoms with Crippen LogP contribution in [0.3, 0.4) is 0 Å². The maximum absolute atomic E-state index is 5.74. The van der Waals surface area contributed by atoms with Gasteiger partial charge in [-0.25, -0.2) is 0 Å². The van der Waals surface area contributed by atoms with E-state index in [1.54, 1.807) is 0 Å².